The zero-order valence-corrected chi connectivity index (χ0v) is 12.5. The van der Waals surface area contributed by atoms with Crippen LogP contribution >= 0.6 is 11.8 Å². The van der Waals surface area contributed by atoms with Crippen LogP contribution in [-0.2, 0) is 9.59 Å². The lowest BCUT2D eigenvalue weighted by molar-refractivity contribution is -0.900. The normalized spacial score (nSPS) is 35.7. The number of fused-ring (bicyclic) bond motifs is 1. The van der Waals surface area contributed by atoms with Gasteiger partial charge in [0.05, 0.1) is 43.5 Å². The third kappa shape index (κ3) is 2.10. The number of carbonyl (C=O) groups is 2. The van der Waals surface area contributed by atoms with E-state index in [4.69, 9.17) is 5.73 Å². The number of aliphatic carboxylic acids is 1. The fourth-order valence-corrected chi connectivity index (χ4v) is 5.24. The summed E-state index contributed by atoms with van der Waals surface area (Å²) in [7, 11) is 2.20. The molecule has 2 heterocycles. The summed E-state index contributed by atoms with van der Waals surface area (Å²) >= 11 is 1.66. The lowest BCUT2D eigenvalue weighted by Crippen LogP contribution is -2.58. The van der Waals surface area contributed by atoms with Crippen molar-refractivity contribution in [1.82, 2.24) is 0 Å². The highest BCUT2D eigenvalue weighted by molar-refractivity contribution is 8.00. The molecule has 3 aliphatic rings. The van der Waals surface area contributed by atoms with Crippen LogP contribution in [0, 0.1) is 5.92 Å². The van der Waals surface area contributed by atoms with Gasteiger partial charge in [-0.25, -0.2) is 4.79 Å². The Balaban J connectivity index is 1.88. The second-order valence-electron chi connectivity index (χ2n) is 6.43. The van der Waals surface area contributed by atoms with Crippen LogP contribution < -0.4 is 5.73 Å². The number of rotatable bonds is 3. The van der Waals surface area contributed by atoms with Crippen LogP contribution in [0.4, 0.5) is 0 Å². The summed E-state index contributed by atoms with van der Waals surface area (Å²) in [5.41, 5.74) is 6.62. The molecule has 20 heavy (non-hydrogen) atoms. The van der Waals surface area contributed by atoms with E-state index in [9.17, 15) is 14.7 Å². The molecule has 0 aromatic heterocycles. The van der Waals surface area contributed by atoms with Gasteiger partial charge in [-0.05, 0) is 0 Å². The Morgan fingerprint density at radius 1 is 1.45 bits per heavy atom. The Morgan fingerprint density at radius 3 is 2.70 bits per heavy atom. The average Bonchev–Trinajstić information content (AvgIpc) is 2.83. The number of nitrogens with zero attached hydrogens (tertiary/aromatic N) is 1. The molecule has 1 aliphatic carbocycles. The summed E-state index contributed by atoms with van der Waals surface area (Å²) in [6.45, 7) is 3.05. The Kier molecular flexibility index (Phi) is 3.43. The van der Waals surface area contributed by atoms with Gasteiger partial charge in [0.2, 0.25) is 0 Å². The number of ketones is 1. The molecule has 0 spiro atoms. The minimum atomic E-state index is -0.929. The lowest BCUT2D eigenvalue weighted by atomic mass is 9.77. The maximum atomic E-state index is 11.9. The minimum absolute atomic E-state index is 0.0247. The highest BCUT2D eigenvalue weighted by Gasteiger charge is 2.51. The molecule has 1 unspecified atom stereocenters. The number of likely N-dealkylation sites (tertiary alicyclic amines) is 1. The Morgan fingerprint density at radius 2 is 2.10 bits per heavy atom. The largest absolute Gasteiger partial charge is 0.478 e. The summed E-state index contributed by atoms with van der Waals surface area (Å²) in [4.78, 5) is 23.5. The molecule has 3 atom stereocenters. The van der Waals surface area contributed by atoms with E-state index in [2.05, 4.69) is 7.05 Å². The van der Waals surface area contributed by atoms with Crippen LogP contribution in [0.25, 0.3) is 0 Å². The number of hydrogen-bond donors (Lipinski definition) is 2. The zero-order valence-electron chi connectivity index (χ0n) is 11.7. The molecule has 5 nitrogen and oxygen atoms in total. The number of carboxylic acid groups (broad SMARTS) is 1. The predicted molar refractivity (Wildman–Crippen MR) is 77.4 cm³/mol. The first-order chi connectivity index (χ1) is 9.43. The third-order valence-corrected chi connectivity index (χ3v) is 6.37. The first-order valence-electron chi connectivity index (χ1n) is 7.15. The number of thioether (sulfide) groups is 1. The van der Waals surface area contributed by atoms with Gasteiger partial charge in [0.25, 0.3) is 0 Å². The number of quaternary nitrogens is 1. The molecule has 0 radical (unpaired) electrons. The van der Waals surface area contributed by atoms with Gasteiger partial charge in [-0.15, -0.1) is 0 Å². The van der Waals surface area contributed by atoms with Gasteiger partial charge in [0.1, 0.15) is 0 Å². The quantitative estimate of drug-likeness (QED) is 0.730. The van der Waals surface area contributed by atoms with Gasteiger partial charge >= 0.3 is 5.97 Å². The molecular weight excluding hydrogens is 276 g/mol. The third-order valence-electron chi connectivity index (χ3n) is 4.89. The smallest absolute Gasteiger partial charge is 0.332 e. The van der Waals surface area contributed by atoms with Gasteiger partial charge in [0.15, 0.2) is 5.78 Å². The summed E-state index contributed by atoms with van der Waals surface area (Å²) in [6, 6.07) is -0.498. The fraction of sp³-hybridized carbons (Fsp3) is 0.714. The molecule has 0 aromatic rings. The topological polar surface area (TPSA) is 80.4 Å². The van der Waals surface area contributed by atoms with Crippen molar-refractivity contribution in [1.29, 1.82) is 0 Å². The standard InChI is InChI=1S/C14H20N2O3S/c1-16(4-2-3-5-16)6-8-7-20-13-10(9(8)14(18)19)12(17)11(13)15/h8,11,13H,2-7,15H2,1H3/p+1/t8?,11-,13+/m1/s1. The van der Waals surface area contributed by atoms with E-state index in [-0.39, 0.29) is 17.0 Å². The first kappa shape index (κ1) is 14.1. The molecule has 110 valence electrons. The van der Waals surface area contributed by atoms with Crippen molar-refractivity contribution in [2.24, 2.45) is 11.7 Å². The van der Waals surface area contributed by atoms with Crippen molar-refractivity contribution < 1.29 is 19.2 Å². The molecule has 0 amide bonds. The van der Waals surface area contributed by atoms with Gasteiger partial charge in [-0.2, -0.15) is 11.8 Å². The minimum Gasteiger partial charge on any atom is -0.478 e. The first-order valence-corrected chi connectivity index (χ1v) is 8.20. The number of Topliss-reactive ketones (excluding diaryl/α,β-unsaturated/α-hetero) is 1. The van der Waals surface area contributed by atoms with Crippen molar-refractivity contribution in [3.8, 4) is 0 Å². The van der Waals surface area contributed by atoms with Crippen molar-refractivity contribution in [3.05, 3.63) is 11.1 Å². The Labute approximate surface area is 122 Å². The molecule has 1 saturated carbocycles. The maximum Gasteiger partial charge on any atom is 0.332 e. The van der Waals surface area contributed by atoms with E-state index >= 15 is 0 Å². The molecule has 3 N–H and O–H groups in total. The number of hydrogen-bond acceptors (Lipinski definition) is 4. The fourth-order valence-electron chi connectivity index (χ4n) is 3.78. The molecule has 0 aromatic carbocycles. The van der Waals surface area contributed by atoms with Crippen LogP contribution in [0.3, 0.4) is 0 Å². The Hall–Kier alpha value is -0.850. The maximum absolute atomic E-state index is 11.9. The average molecular weight is 297 g/mol. The van der Waals surface area contributed by atoms with Gasteiger partial charge in [-0.3, -0.25) is 4.79 Å². The van der Waals surface area contributed by atoms with Crippen LogP contribution in [0.2, 0.25) is 0 Å². The van der Waals surface area contributed by atoms with Crippen molar-refractivity contribution in [3.63, 3.8) is 0 Å². The SMILES string of the molecule is C[N+]1(CC2CS[C@H]3C(=C2C(=O)O)C(=O)[C@H]3N)CCCC1. The van der Waals surface area contributed by atoms with Crippen LogP contribution in [0.15, 0.2) is 11.1 Å². The van der Waals surface area contributed by atoms with Gasteiger partial charge < -0.3 is 15.3 Å². The molecule has 0 bridgehead atoms. The van der Waals surface area contributed by atoms with Crippen molar-refractivity contribution in [2.75, 3.05) is 32.4 Å². The van der Waals surface area contributed by atoms with E-state index in [1.54, 1.807) is 11.8 Å². The van der Waals surface area contributed by atoms with E-state index in [1.165, 1.54) is 12.8 Å². The summed E-state index contributed by atoms with van der Waals surface area (Å²) in [6.07, 6.45) is 2.42. The summed E-state index contributed by atoms with van der Waals surface area (Å²) < 4.78 is 0.931. The van der Waals surface area contributed by atoms with Crippen molar-refractivity contribution in [2.45, 2.75) is 24.1 Å². The van der Waals surface area contributed by atoms with Crippen molar-refractivity contribution >= 4 is 23.5 Å². The van der Waals surface area contributed by atoms with Crippen LogP contribution in [0.1, 0.15) is 12.8 Å². The van der Waals surface area contributed by atoms with Gasteiger partial charge in [-0.1, -0.05) is 0 Å². The summed E-state index contributed by atoms with van der Waals surface area (Å²) in [5.74, 6) is -0.344. The van der Waals surface area contributed by atoms with E-state index in [0.717, 1.165) is 29.9 Å². The highest BCUT2D eigenvalue weighted by atomic mass is 32.2. The monoisotopic (exact) mass is 297 g/mol. The second kappa shape index (κ2) is 4.86. The van der Waals surface area contributed by atoms with E-state index in [1.807, 2.05) is 0 Å². The molecule has 2 fully saturated rings. The van der Waals surface area contributed by atoms with E-state index in [0.29, 0.717) is 11.1 Å². The molecule has 2 aliphatic heterocycles. The molecular formula is C14H21N2O3S+. The van der Waals surface area contributed by atoms with E-state index < -0.39 is 12.0 Å². The predicted octanol–water partition coefficient (Wildman–Crippen LogP) is 0.250. The molecule has 3 rings (SSSR count). The summed E-state index contributed by atoms with van der Waals surface area (Å²) in [5, 5.41) is 9.44. The number of carboxylic acids is 1. The molecule has 1 saturated heterocycles. The van der Waals surface area contributed by atoms with Crippen LogP contribution in [-0.4, -0.2) is 65.1 Å². The second-order valence-corrected chi connectivity index (χ2v) is 7.60. The highest BCUT2D eigenvalue weighted by Crippen LogP contribution is 2.44. The zero-order chi connectivity index (χ0) is 14.5. The number of carbonyl (C=O) groups excluding carboxylic acids is 1. The number of nitrogens with two attached hydrogens (primary N) is 1. The Bertz CT molecular complexity index is 497. The van der Waals surface area contributed by atoms with Gasteiger partial charge in [0, 0.05) is 30.1 Å². The lowest BCUT2D eigenvalue weighted by Gasteiger charge is -2.43. The van der Waals surface area contributed by atoms with Crippen LogP contribution in [0.5, 0.6) is 0 Å². The molecule has 6 heteroatoms.